The molecule has 2 aromatic heterocycles. The first-order valence-corrected chi connectivity index (χ1v) is 7.36. The molecule has 1 amide bonds. The van der Waals surface area contributed by atoms with Crippen LogP contribution in [0.1, 0.15) is 24.8 Å². The maximum atomic E-state index is 11.8. The van der Waals surface area contributed by atoms with Crippen molar-refractivity contribution in [2.75, 3.05) is 7.11 Å². The molecular formula is C16H20N4O3. The van der Waals surface area contributed by atoms with E-state index in [0.29, 0.717) is 13.0 Å². The summed E-state index contributed by atoms with van der Waals surface area (Å²) in [6.07, 6.45) is 6.34. The van der Waals surface area contributed by atoms with Crippen molar-refractivity contribution in [3.05, 3.63) is 36.3 Å². The van der Waals surface area contributed by atoms with Crippen LogP contribution in [0, 0.1) is 0 Å². The molecule has 0 aromatic carbocycles. The van der Waals surface area contributed by atoms with Gasteiger partial charge in [0.2, 0.25) is 5.91 Å². The molecule has 0 spiro atoms. The van der Waals surface area contributed by atoms with Crippen molar-refractivity contribution in [1.82, 2.24) is 20.1 Å². The lowest BCUT2D eigenvalue weighted by Gasteiger charge is -2.08. The zero-order valence-corrected chi connectivity index (χ0v) is 13.3. The molecule has 23 heavy (non-hydrogen) atoms. The van der Waals surface area contributed by atoms with Crippen molar-refractivity contribution in [3.8, 4) is 11.3 Å². The van der Waals surface area contributed by atoms with E-state index in [4.69, 9.17) is 0 Å². The van der Waals surface area contributed by atoms with E-state index in [1.165, 1.54) is 7.11 Å². The van der Waals surface area contributed by atoms with E-state index >= 15 is 0 Å². The predicted molar refractivity (Wildman–Crippen MR) is 84.2 cm³/mol. The van der Waals surface area contributed by atoms with Gasteiger partial charge in [-0.15, -0.1) is 0 Å². The highest BCUT2D eigenvalue weighted by Gasteiger charge is 2.10. The highest BCUT2D eigenvalue weighted by molar-refractivity contribution is 5.77. The summed E-state index contributed by atoms with van der Waals surface area (Å²) in [5, 5.41) is 6.99. The number of ether oxygens (including phenoxy) is 1. The maximum absolute atomic E-state index is 11.8. The van der Waals surface area contributed by atoms with E-state index in [1.54, 1.807) is 17.1 Å². The molecule has 7 heteroatoms. The molecule has 1 N–H and O–H groups in total. The average Bonchev–Trinajstić information content (AvgIpc) is 2.99. The zero-order valence-electron chi connectivity index (χ0n) is 13.3. The maximum Gasteiger partial charge on any atom is 0.305 e. The quantitative estimate of drug-likeness (QED) is 0.781. The number of carbonyl (C=O) groups is 2. The molecule has 0 bridgehead atoms. The highest BCUT2D eigenvalue weighted by atomic mass is 16.5. The zero-order chi connectivity index (χ0) is 16.7. The van der Waals surface area contributed by atoms with Gasteiger partial charge >= 0.3 is 5.97 Å². The number of amides is 1. The van der Waals surface area contributed by atoms with E-state index in [2.05, 4.69) is 20.1 Å². The Hall–Kier alpha value is -2.70. The Kier molecular flexibility index (Phi) is 5.85. The molecule has 2 heterocycles. The Morgan fingerprint density at radius 3 is 2.87 bits per heavy atom. The highest BCUT2D eigenvalue weighted by Crippen LogP contribution is 2.20. The van der Waals surface area contributed by atoms with E-state index in [9.17, 15) is 9.59 Å². The van der Waals surface area contributed by atoms with Crippen molar-refractivity contribution >= 4 is 11.9 Å². The topological polar surface area (TPSA) is 86.1 Å². The van der Waals surface area contributed by atoms with Crippen LogP contribution < -0.4 is 5.32 Å². The lowest BCUT2D eigenvalue weighted by Crippen LogP contribution is -2.23. The lowest BCUT2D eigenvalue weighted by atomic mass is 10.1. The number of pyridine rings is 1. The van der Waals surface area contributed by atoms with E-state index in [0.717, 1.165) is 16.8 Å². The van der Waals surface area contributed by atoms with Crippen LogP contribution in [-0.2, 0) is 27.9 Å². The minimum Gasteiger partial charge on any atom is -0.469 e. The second-order valence-electron chi connectivity index (χ2n) is 5.12. The van der Waals surface area contributed by atoms with Crippen molar-refractivity contribution in [1.29, 1.82) is 0 Å². The largest absolute Gasteiger partial charge is 0.469 e. The number of hydrogen-bond acceptors (Lipinski definition) is 5. The van der Waals surface area contributed by atoms with Crippen LogP contribution in [-0.4, -0.2) is 33.8 Å². The van der Waals surface area contributed by atoms with Gasteiger partial charge in [0.15, 0.2) is 0 Å². The van der Waals surface area contributed by atoms with Crippen LogP contribution >= 0.6 is 0 Å². The van der Waals surface area contributed by atoms with Gasteiger partial charge in [-0.05, 0) is 18.1 Å². The van der Waals surface area contributed by atoms with Crippen LogP contribution in [0.4, 0.5) is 0 Å². The number of aromatic nitrogens is 3. The first-order chi connectivity index (χ1) is 11.1. The van der Waals surface area contributed by atoms with Crippen LogP contribution in [0.2, 0.25) is 0 Å². The predicted octanol–water partition coefficient (Wildman–Crippen LogP) is 1.44. The second-order valence-corrected chi connectivity index (χ2v) is 5.12. The van der Waals surface area contributed by atoms with Crippen molar-refractivity contribution < 1.29 is 14.3 Å². The number of aryl methyl sites for hydroxylation is 1. The van der Waals surface area contributed by atoms with Crippen LogP contribution in [0.25, 0.3) is 11.3 Å². The van der Waals surface area contributed by atoms with E-state index in [-0.39, 0.29) is 24.7 Å². The van der Waals surface area contributed by atoms with Gasteiger partial charge in [0.1, 0.15) is 0 Å². The Bertz CT molecular complexity index is 681. The first-order valence-electron chi connectivity index (χ1n) is 7.36. The summed E-state index contributed by atoms with van der Waals surface area (Å²) in [6.45, 7) is 0.384. The minimum absolute atomic E-state index is 0.102. The first kappa shape index (κ1) is 16.7. The SMILES string of the molecule is COC(=O)CCCC(=O)NCc1cccnc1-c1cnn(C)c1. The van der Waals surface area contributed by atoms with Crippen molar-refractivity contribution in [3.63, 3.8) is 0 Å². The molecule has 7 nitrogen and oxygen atoms in total. The molecule has 0 fully saturated rings. The van der Waals surface area contributed by atoms with Crippen LogP contribution in [0.3, 0.4) is 0 Å². The monoisotopic (exact) mass is 316 g/mol. The molecule has 0 saturated heterocycles. The summed E-state index contributed by atoms with van der Waals surface area (Å²) in [5.41, 5.74) is 2.63. The minimum atomic E-state index is -0.302. The Balaban J connectivity index is 1.91. The van der Waals surface area contributed by atoms with E-state index in [1.807, 2.05) is 25.4 Å². The van der Waals surface area contributed by atoms with Crippen molar-refractivity contribution in [2.45, 2.75) is 25.8 Å². The molecule has 122 valence electrons. The fraction of sp³-hybridized carbons (Fsp3) is 0.375. The van der Waals surface area contributed by atoms with Crippen molar-refractivity contribution in [2.24, 2.45) is 7.05 Å². The Morgan fingerprint density at radius 2 is 2.17 bits per heavy atom. The molecule has 0 unspecified atom stereocenters. The molecule has 0 saturated carbocycles. The van der Waals surface area contributed by atoms with Gasteiger partial charge in [0.25, 0.3) is 0 Å². The number of methoxy groups -OCH3 is 1. The molecule has 2 aromatic rings. The van der Waals surface area contributed by atoms with Gasteiger partial charge in [-0.25, -0.2) is 0 Å². The lowest BCUT2D eigenvalue weighted by molar-refractivity contribution is -0.140. The number of esters is 1. The molecule has 0 aliphatic carbocycles. The fourth-order valence-electron chi connectivity index (χ4n) is 2.16. The summed E-state index contributed by atoms with van der Waals surface area (Å²) in [5.74, 6) is -0.404. The third kappa shape index (κ3) is 4.91. The molecule has 0 aliphatic rings. The fourth-order valence-corrected chi connectivity index (χ4v) is 2.16. The van der Waals surface area contributed by atoms with Crippen LogP contribution in [0.15, 0.2) is 30.7 Å². The number of nitrogens with zero attached hydrogens (tertiary/aromatic N) is 3. The molecular weight excluding hydrogens is 296 g/mol. The smallest absolute Gasteiger partial charge is 0.305 e. The molecule has 0 radical (unpaired) electrons. The summed E-state index contributed by atoms with van der Waals surface area (Å²) in [4.78, 5) is 27.2. The van der Waals surface area contributed by atoms with Gasteiger partial charge in [0.05, 0.1) is 19.0 Å². The normalized spacial score (nSPS) is 10.3. The van der Waals surface area contributed by atoms with Gasteiger partial charge in [-0.1, -0.05) is 6.07 Å². The molecule has 2 rings (SSSR count). The number of hydrogen-bond donors (Lipinski definition) is 1. The summed E-state index contributed by atoms with van der Waals surface area (Å²) in [6, 6.07) is 3.75. The van der Waals surface area contributed by atoms with Gasteiger partial charge in [-0.3, -0.25) is 19.3 Å². The third-order valence-corrected chi connectivity index (χ3v) is 3.36. The average molecular weight is 316 g/mol. The summed E-state index contributed by atoms with van der Waals surface area (Å²) >= 11 is 0. The van der Waals surface area contributed by atoms with Gasteiger partial charge < -0.3 is 10.1 Å². The number of carbonyl (C=O) groups excluding carboxylic acids is 2. The van der Waals surface area contributed by atoms with Gasteiger partial charge in [-0.2, -0.15) is 5.10 Å². The molecule has 0 aliphatic heterocycles. The number of rotatable bonds is 7. The Morgan fingerprint density at radius 1 is 1.35 bits per heavy atom. The Labute approximate surface area is 134 Å². The van der Waals surface area contributed by atoms with Crippen LogP contribution in [0.5, 0.6) is 0 Å². The second kappa shape index (κ2) is 8.07. The summed E-state index contributed by atoms with van der Waals surface area (Å²) in [7, 11) is 3.18. The number of nitrogens with one attached hydrogen (secondary N) is 1. The summed E-state index contributed by atoms with van der Waals surface area (Å²) < 4.78 is 6.25. The van der Waals surface area contributed by atoms with E-state index < -0.39 is 0 Å². The molecule has 0 atom stereocenters. The third-order valence-electron chi connectivity index (χ3n) is 3.36. The standard InChI is InChI=1S/C16H20N4O3/c1-20-11-13(10-19-20)16-12(5-4-8-17-16)9-18-14(21)6-3-7-15(22)23-2/h4-5,8,10-11H,3,6-7,9H2,1-2H3,(H,18,21). The van der Waals surface area contributed by atoms with Gasteiger partial charge in [0, 0.05) is 44.4 Å².